The van der Waals surface area contributed by atoms with Crippen LogP contribution in [0.2, 0.25) is 0 Å². The zero-order valence-corrected chi connectivity index (χ0v) is 10.9. The van der Waals surface area contributed by atoms with E-state index in [1.807, 2.05) is 6.08 Å². The lowest BCUT2D eigenvalue weighted by Crippen LogP contribution is -1.80. The number of hydrogen-bond acceptors (Lipinski definition) is 0. The maximum Gasteiger partial charge on any atom is 0.0181 e. The van der Waals surface area contributed by atoms with Crippen molar-refractivity contribution in [3.8, 4) is 11.1 Å². The van der Waals surface area contributed by atoms with Gasteiger partial charge in [-0.1, -0.05) is 53.4 Å². The molecule has 0 amide bonds. The number of hydrogen-bond donors (Lipinski definition) is 0. The Labute approximate surface area is 109 Å². The summed E-state index contributed by atoms with van der Waals surface area (Å²) in [5.41, 5.74) is 7.20. The van der Waals surface area contributed by atoms with Gasteiger partial charge in [0.15, 0.2) is 0 Å². The number of halogens is 1. The Bertz CT molecular complexity index is 651. The fraction of sp³-hybridized carbons (Fsp3) is 0. The highest BCUT2D eigenvalue weighted by Crippen LogP contribution is 2.44. The Kier molecular flexibility index (Phi) is 2.30. The molecule has 0 N–H and O–H groups in total. The highest BCUT2D eigenvalue weighted by Gasteiger charge is 2.21. The monoisotopic (exact) mass is 282 g/mol. The van der Waals surface area contributed by atoms with E-state index in [0.29, 0.717) is 0 Å². The van der Waals surface area contributed by atoms with Crippen molar-refractivity contribution in [2.75, 3.05) is 0 Å². The molecule has 0 saturated carbocycles. The lowest BCUT2D eigenvalue weighted by molar-refractivity contribution is 1.60. The van der Waals surface area contributed by atoms with Crippen LogP contribution in [-0.4, -0.2) is 0 Å². The summed E-state index contributed by atoms with van der Waals surface area (Å²) in [6.07, 6.45) is 1.87. The second-order valence-corrected chi connectivity index (χ2v) is 5.09. The van der Waals surface area contributed by atoms with E-state index >= 15 is 0 Å². The van der Waals surface area contributed by atoms with Gasteiger partial charge in [0, 0.05) is 4.47 Å². The molecule has 0 radical (unpaired) electrons. The second-order valence-electron chi connectivity index (χ2n) is 4.18. The standard InChI is InChI=1S/C16H11Br/c1-3-11-4-6-13-14-7-5-12(17)9-16(14)10(2)15(13)8-11/h3-9H,1-2H2. The molecule has 0 unspecified atom stereocenters. The third kappa shape index (κ3) is 1.50. The molecule has 0 heterocycles. The van der Waals surface area contributed by atoms with Crippen LogP contribution < -0.4 is 0 Å². The third-order valence-electron chi connectivity index (χ3n) is 3.20. The van der Waals surface area contributed by atoms with Crippen molar-refractivity contribution in [1.29, 1.82) is 0 Å². The van der Waals surface area contributed by atoms with Crippen molar-refractivity contribution in [3.05, 3.63) is 70.7 Å². The molecule has 2 aromatic rings. The Balaban J connectivity index is 2.30. The van der Waals surface area contributed by atoms with Gasteiger partial charge in [0.2, 0.25) is 0 Å². The van der Waals surface area contributed by atoms with E-state index < -0.39 is 0 Å². The topological polar surface area (TPSA) is 0 Å². The second kappa shape index (κ2) is 3.71. The summed E-state index contributed by atoms with van der Waals surface area (Å²) in [6, 6.07) is 12.7. The van der Waals surface area contributed by atoms with Crippen LogP contribution in [0.3, 0.4) is 0 Å². The van der Waals surface area contributed by atoms with Crippen molar-refractivity contribution in [3.63, 3.8) is 0 Å². The summed E-state index contributed by atoms with van der Waals surface area (Å²) < 4.78 is 1.09. The number of rotatable bonds is 1. The molecule has 82 valence electrons. The van der Waals surface area contributed by atoms with Crippen molar-refractivity contribution in [1.82, 2.24) is 0 Å². The molecule has 0 nitrogen and oxygen atoms in total. The Morgan fingerprint density at radius 3 is 2.24 bits per heavy atom. The number of fused-ring (bicyclic) bond motifs is 3. The predicted octanol–water partition coefficient (Wildman–Crippen LogP) is 5.13. The Morgan fingerprint density at radius 1 is 0.882 bits per heavy atom. The van der Waals surface area contributed by atoms with Gasteiger partial charge in [0.1, 0.15) is 0 Å². The molecule has 0 saturated heterocycles. The molecule has 1 heteroatoms. The molecular formula is C16H11Br. The van der Waals surface area contributed by atoms with Gasteiger partial charge in [0.05, 0.1) is 0 Å². The minimum Gasteiger partial charge on any atom is -0.0985 e. The van der Waals surface area contributed by atoms with Gasteiger partial charge in [-0.2, -0.15) is 0 Å². The van der Waals surface area contributed by atoms with Crippen LogP contribution >= 0.6 is 15.9 Å². The zero-order valence-electron chi connectivity index (χ0n) is 9.33. The van der Waals surface area contributed by atoms with E-state index in [2.05, 4.69) is 65.5 Å². The van der Waals surface area contributed by atoms with Crippen LogP contribution in [0.5, 0.6) is 0 Å². The average Bonchev–Trinajstić information content (AvgIpc) is 2.62. The fourth-order valence-electron chi connectivity index (χ4n) is 2.32. The fourth-order valence-corrected chi connectivity index (χ4v) is 2.68. The minimum absolute atomic E-state index is 1.09. The van der Waals surface area contributed by atoms with E-state index in [1.54, 1.807) is 0 Å². The van der Waals surface area contributed by atoms with Gasteiger partial charge < -0.3 is 0 Å². The van der Waals surface area contributed by atoms with E-state index in [0.717, 1.165) is 15.6 Å². The van der Waals surface area contributed by atoms with Gasteiger partial charge in [-0.15, -0.1) is 0 Å². The first-order valence-electron chi connectivity index (χ1n) is 5.47. The lowest BCUT2D eigenvalue weighted by atomic mass is 10.0. The van der Waals surface area contributed by atoms with E-state index in [1.165, 1.54) is 22.3 Å². The van der Waals surface area contributed by atoms with Crippen LogP contribution in [0.15, 0.2) is 54.0 Å². The van der Waals surface area contributed by atoms with E-state index in [4.69, 9.17) is 0 Å². The molecule has 0 aromatic heterocycles. The van der Waals surface area contributed by atoms with Crippen LogP contribution in [0.4, 0.5) is 0 Å². The molecule has 0 fully saturated rings. The molecule has 0 bridgehead atoms. The van der Waals surface area contributed by atoms with Gasteiger partial charge in [-0.25, -0.2) is 0 Å². The normalized spacial score (nSPS) is 12.2. The molecule has 0 spiro atoms. The van der Waals surface area contributed by atoms with Crippen molar-refractivity contribution < 1.29 is 0 Å². The summed E-state index contributed by atoms with van der Waals surface area (Å²) in [7, 11) is 0. The van der Waals surface area contributed by atoms with E-state index in [-0.39, 0.29) is 0 Å². The molecule has 1 aliphatic carbocycles. The summed E-state index contributed by atoms with van der Waals surface area (Å²) in [6.45, 7) is 8.01. The molecule has 0 aliphatic heterocycles. The van der Waals surface area contributed by atoms with Gasteiger partial charge in [-0.3, -0.25) is 0 Å². The molecule has 17 heavy (non-hydrogen) atoms. The maximum atomic E-state index is 4.20. The maximum absolute atomic E-state index is 4.20. The first-order valence-corrected chi connectivity index (χ1v) is 6.26. The highest BCUT2D eigenvalue weighted by molar-refractivity contribution is 9.10. The summed E-state index contributed by atoms with van der Waals surface area (Å²) in [5, 5.41) is 0. The Morgan fingerprint density at radius 2 is 1.53 bits per heavy atom. The van der Waals surface area contributed by atoms with Crippen molar-refractivity contribution in [2.24, 2.45) is 0 Å². The van der Waals surface area contributed by atoms with Gasteiger partial charge >= 0.3 is 0 Å². The molecular weight excluding hydrogens is 272 g/mol. The summed E-state index contributed by atoms with van der Waals surface area (Å²) in [5.74, 6) is 0. The van der Waals surface area contributed by atoms with Gasteiger partial charge in [-0.05, 0) is 51.6 Å². The summed E-state index contributed by atoms with van der Waals surface area (Å²) in [4.78, 5) is 0. The Hall–Kier alpha value is -1.60. The number of benzene rings is 2. The van der Waals surface area contributed by atoms with Crippen LogP contribution in [0.25, 0.3) is 22.8 Å². The first-order chi connectivity index (χ1) is 8.20. The molecule has 0 atom stereocenters. The SMILES string of the molecule is C=Cc1ccc2c(c1)C(=C)c1cc(Br)ccc1-2. The largest absolute Gasteiger partial charge is 0.0985 e. The van der Waals surface area contributed by atoms with Crippen molar-refractivity contribution >= 4 is 27.6 Å². The highest BCUT2D eigenvalue weighted by atomic mass is 79.9. The average molecular weight is 283 g/mol. The molecule has 1 aliphatic rings. The van der Waals surface area contributed by atoms with Crippen LogP contribution in [0.1, 0.15) is 16.7 Å². The quantitative estimate of drug-likeness (QED) is 0.580. The predicted molar refractivity (Wildman–Crippen MR) is 77.8 cm³/mol. The molecule has 2 aromatic carbocycles. The first kappa shape index (κ1) is 10.5. The minimum atomic E-state index is 1.09. The molecule has 3 rings (SSSR count). The zero-order chi connectivity index (χ0) is 12.0. The smallest absolute Gasteiger partial charge is 0.0181 e. The third-order valence-corrected chi connectivity index (χ3v) is 3.69. The van der Waals surface area contributed by atoms with E-state index in [9.17, 15) is 0 Å². The van der Waals surface area contributed by atoms with Gasteiger partial charge in [0.25, 0.3) is 0 Å². The lowest BCUT2D eigenvalue weighted by Gasteiger charge is -2.01. The summed E-state index contributed by atoms with van der Waals surface area (Å²) >= 11 is 3.51. The van der Waals surface area contributed by atoms with Crippen LogP contribution in [-0.2, 0) is 0 Å². The van der Waals surface area contributed by atoms with Crippen LogP contribution in [0, 0.1) is 0 Å². The van der Waals surface area contributed by atoms with Crippen molar-refractivity contribution in [2.45, 2.75) is 0 Å².